The van der Waals surface area contributed by atoms with Crippen molar-refractivity contribution in [2.24, 2.45) is 0 Å². The molecule has 3 aromatic heterocycles. The number of aromatic nitrogens is 5. The minimum Gasteiger partial charge on any atom is -0.332 e. The molecule has 0 amide bonds. The van der Waals surface area contributed by atoms with Crippen LogP contribution in [0.5, 0.6) is 0 Å². The van der Waals surface area contributed by atoms with Crippen LogP contribution in [-0.2, 0) is 0 Å². The molecule has 0 aliphatic carbocycles. The summed E-state index contributed by atoms with van der Waals surface area (Å²) in [6.07, 6.45) is 0. The molecule has 0 fully saturated rings. The standard InChI is InChI=1S/C27H19N5O3/c1-16-7-11-18(12-8-16)24-29-26(34-30-24)23-22(15-20-5-3-4-6-21(20)28-23)32-25(31-35-27(32)33)19-13-9-17(2)10-14-19/h3-15H,1-2H3. The Bertz CT molecular complexity index is 1730. The molecule has 8 heteroatoms. The Hall–Kier alpha value is -4.85. The predicted octanol–water partition coefficient (Wildman–Crippen LogP) is 5.37. The lowest BCUT2D eigenvalue weighted by Gasteiger charge is -2.10. The van der Waals surface area contributed by atoms with Crippen LogP contribution in [0.15, 0.2) is 92.7 Å². The first-order chi connectivity index (χ1) is 17.1. The molecule has 0 saturated heterocycles. The zero-order valence-electron chi connectivity index (χ0n) is 19.0. The molecule has 0 radical (unpaired) electrons. The van der Waals surface area contributed by atoms with Crippen molar-refractivity contribution in [2.45, 2.75) is 13.8 Å². The van der Waals surface area contributed by atoms with E-state index < -0.39 is 5.76 Å². The Morgan fingerprint density at radius 3 is 2.17 bits per heavy atom. The highest BCUT2D eigenvalue weighted by Crippen LogP contribution is 2.31. The molecular weight excluding hydrogens is 442 g/mol. The van der Waals surface area contributed by atoms with Crippen LogP contribution in [-0.4, -0.2) is 24.8 Å². The molecule has 8 nitrogen and oxygen atoms in total. The summed E-state index contributed by atoms with van der Waals surface area (Å²) in [5, 5.41) is 9.04. The number of nitrogens with zero attached hydrogens (tertiary/aromatic N) is 5. The van der Waals surface area contributed by atoms with Crippen LogP contribution in [0.1, 0.15) is 11.1 Å². The van der Waals surface area contributed by atoms with Crippen molar-refractivity contribution >= 4 is 10.9 Å². The first kappa shape index (κ1) is 20.7. The van der Waals surface area contributed by atoms with Crippen LogP contribution < -0.4 is 5.76 Å². The van der Waals surface area contributed by atoms with Gasteiger partial charge in [-0.2, -0.15) is 4.98 Å². The summed E-state index contributed by atoms with van der Waals surface area (Å²) in [5.41, 5.74) is 5.28. The van der Waals surface area contributed by atoms with Crippen LogP contribution in [0.2, 0.25) is 0 Å². The maximum absolute atomic E-state index is 12.9. The smallest absolute Gasteiger partial charge is 0.332 e. The fraction of sp³-hybridized carbons (Fsp3) is 0.0741. The van der Waals surface area contributed by atoms with Gasteiger partial charge in [-0.1, -0.05) is 88.2 Å². The molecule has 0 N–H and O–H groups in total. The van der Waals surface area contributed by atoms with Gasteiger partial charge in [0.15, 0.2) is 11.5 Å². The van der Waals surface area contributed by atoms with Crippen molar-refractivity contribution < 1.29 is 9.05 Å². The van der Waals surface area contributed by atoms with Gasteiger partial charge in [0.25, 0.3) is 5.89 Å². The third-order valence-corrected chi connectivity index (χ3v) is 5.80. The van der Waals surface area contributed by atoms with Gasteiger partial charge >= 0.3 is 5.76 Å². The number of hydrogen-bond acceptors (Lipinski definition) is 7. The lowest BCUT2D eigenvalue weighted by Crippen LogP contribution is -2.15. The molecule has 0 unspecified atom stereocenters. The highest BCUT2D eigenvalue weighted by molar-refractivity contribution is 5.85. The minimum absolute atomic E-state index is 0.185. The molecule has 0 saturated carbocycles. The number of para-hydroxylation sites is 1. The minimum atomic E-state index is -0.642. The van der Waals surface area contributed by atoms with E-state index >= 15 is 0 Å². The molecule has 6 aromatic rings. The molecule has 0 spiro atoms. The lowest BCUT2D eigenvalue weighted by molar-refractivity contribution is 0.383. The SMILES string of the molecule is Cc1ccc(-c2noc(-c3nc4ccccc4cc3-n3c(-c4ccc(C)cc4)noc3=O)n2)cc1. The summed E-state index contributed by atoms with van der Waals surface area (Å²) in [7, 11) is 0. The second-order valence-electron chi connectivity index (χ2n) is 8.31. The van der Waals surface area contributed by atoms with E-state index in [1.807, 2.05) is 92.7 Å². The van der Waals surface area contributed by atoms with Crippen molar-refractivity contribution in [1.29, 1.82) is 0 Å². The first-order valence-electron chi connectivity index (χ1n) is 11.0. The summed E-state index contributed by atoms with van der Waals surface area (Å²) in [6.45, 7) is 4.01. The Balaban J connectivity index is 1.57. The molecule has 170 valence electrons. The van der Waals surface area contributed by atoms with Gasteiger partial charge in [-0.05, 0) is 26.0 Å². The van der Waals surface area contributed by atoms with Crippen LogP contribution in [0, 0.1) is 13.8 Å². The molecule has 0 atom stereocenters. The zero-order valence-corrected chi connectivity index (χ0v) is 19.0. The fourth-order valence-corrected chi connectivity index (χ4v) is 3.92. The molecule has 3 aromatic carbocycles. The zero-order chi connectivity index (χ0) is 23.9. The van der Waals surface area contributed by atoms with E-state index in [2.05, 4.69) is 15.3 Å². The predicted molar refractivity (Wildman–Crippen MR) is 131 cm³/mol. The van der Waals surface area contributed by atoms with E-state index in [0.29, 0.717) is 23.0 Å². The van der Waals surface area contributed by atoms with Crippen molar-refractivity contribution in [2.75, 3.05) is 0 Å². The summed E-state index contributed by atoms with van der Waals surface area (Å²) in [6, 6.07) is 25.0. The third-order valence-electron chi connectivity index (χ3n) is 5.80. The van der Waals surface area contributed by atoms with Gasteiger partial charge in [0, 0.05) is 16.5 Å². The van der Waals surface area contributed by atoms with Crippen molar-refractivity contribution in [3.63, 3.8) is 0 Å². The molecule has 3 heterocycles. The summed E-state index contributed by atoms with van der Waals surface area (Å²) < 4.78 is 12.1. The monoisotopic (exact) mass is 461 g/mol. The quantitative estimate of drug-likeness (QED) is 0.348. The summed E-state index contributed by atoms with van der Waals surface area (Å²) in [4.78, 5) is 22.3. The van der Waals surface area contributed by atoms with Crippen LogP contribution in [0.25, 0.3) is 51.0 Å². The van der Waals surface area contributed by atoms with E-state index in [1.54, 1.807) is 0 Å². The number of benzene rings is 3. The van der Waals surface area contributed by atoms with E-state index in [0.717, 1.165) is 33.2 Å². The largest absolute Gasteiger partial charge is 0.446 e. The van der Waals surface area contributed by atoms with Gasteiger partial charge in [-0.3, -0.25) is 4.52 Å². The van der Waals surface area contributed by atoms with Crippen LogP contribution in [0.3, 0.4) is 0 Å². The van der Waals surface area contributed by atoms with Gasteiger partial charge in [0.2, 0.25) is 5.82 Å². The topological polar surface area (TPSA) is 99.8 Å². The number of rotatable bonds is 4. The fourth-order valence-electron chi connectivity index (χ4n) is 3.92. The second-order valence-corrected chi connectivity index (χ2v) is 8.31. The van der Waals surface area contributed by atoms with Crippen LogP contribution >= 0.6 is 0 Å². The Morgan fingerprint density at radius 2 is 1.43 bits per heavy atom. The van der Waals surface area contributed by atoms with Gasteiger partial charge in [0.1, 0.15) is 0 Å². The molecule has 6 rings (SSSR count). The number of fused-ring (bicyclic) bond motifs is 1. The Labute approximate surface area is 199 Å². The molecule has 0 aliphatic heterocycles. The molecule has 0 aliphatic rings. The van der Waals surface area contributed by atoms with Gasteiger partial charge in [-0.25, -0.2) is 14.3 Å². The number of hydrogen-bond donors (Lipinski definition) is 0. The number of aryl methyl sites for hydroxylation is 2. The Kier molecular flexibility index (Phi) is 4.84. The molecule has 35 heavy (non-hydrogen) atoms. The summed E-state index contributed by atoms with van der Waals surface area (Å²) in [5.74, 6) is 0.324. The second kappa shape index (κ2) is 8.18. The van der Waals surface area contributed by atoms with Crippen molar-refractivity contribution in [3.8, 4) is 40.0 Å². The highest BCUT2D eigenvalue weighted by atomic mass is 16.5. The maximum Gasteiger partial charge on any atom is 0.446 e. The Morgan fingerprint density at radius 1 is 0.743 bits per heavy atom. The molecule has 0 bridgehead atoms. The van der Waals surface area contributed by atoms with Gasteiger partial charge in [-0.15, -0.1) is 0 Å². The number of pyridine rings is 1. The highest BCUT2D eigenvalue weighted by Gasteiger charge is 2.23. The lowest BCUT2D eigenvalue weighted by atomic mass is 10.1. The average Bonchev–Trinajstić information content (AvgIpc) is 3.51. The van der Waals surface area contributed by atoms with Crippen LogP contribution in [0.4, 0.5) is 0 Å². The van der Waals surface area contributed by atoms with E-state index in [9.17, 15) is 4.79 Å². The normalized spacial score (nSPS) is 11.3. The van der Waals surface area contributed by atoms with E-state index in [1.165, 1.54) is 4.57 Å². The average molecular weight is 461 g/mol. The van der Waals surface area contributed by atoms with Crippen molar-refractivity contribution in [3.05, 3.63) is 101 Å². The van der Waals surface area contributed by atoms with Crippen molar-refractivity contribution in [1.82, 2.24) is 24.8 Å². The molecular formula is C27H19N5O3. The maximum atomic E-state index is 12.9. The third kappa shape index (κ3) is 3.71. The first-order valence-corrected chi connectivity index (χ1v) is 11.0. The van der Waals surface area contributed by atoms with Gasteiger partial charge in [0.05, 0.1) is 11.2 Å². The van der Waals surface area contributed by atoms with E-state index in [4.69, 9.17) is 14.0 Å². The van der Waals surface area contributed by atoms with E-state index in [-0.39, 0.29) is 5.89 Å². The van der Waals surface area contributed by atoms with Gasteiger partial charge < -0.3 is 4.52 Å². The summed E-state index contributed by atoms with van der Waals surface area (Å²) >= 11 is 0.